The van der Waals surface area contributed by atoms with E-state index in [-0.39, 0.29) is 17.3 Å². The Morgan fingerprint density at radius 3 is 2.75 bits per heavy atom. The highest BCUT2D eigenvalue weighted by atomic mass is 32.2. The molecule has 0 aromatic heterocycles. The molecule has 0 spiro atoms. The number of carbonyl (C=O) groups excluding carboxylic acids is 1. The number of thiocarbonyl (C=S) groups is 1. The van der Waals surface area contributed by atoms with Crippen LogP contribution in [0.4, 0.5) is 13.6 Å². The number of amides is 1. The second kappa shape index (κ2) is 5.13. The van der Waals surface area contributed by atoms with Crippen LogP contribution in [0, 0.1) is 0 Å². The summed E-state index contributed by atoms with van der Waals surface area (Å²) >= 11 is 5.74. The summed E-state index contributed by atoms with van der Waals surface area (Å²) in [5.41, 5.74) is 0. The number of likely N-dealkylation sites (tertiary alicyclic amines) is 1. The lowest BCUT2D eigenvalue weighted by Gasteiger charge is -2.39. The van der Waals surface area contributed by atoms with E-state index in [4.69, 9.17) is 4.74 Å². The van der Waals surface area contributed by atoms with E-state index in [0.29, 0.717) is 4.90 Å². The van der Waals surface area contributed by atoms with Crippen molar-refractivity contribution in [1.82, 2.24) is 4.90 Å². The van der Waals surface area contributed by atoms with Gasteiger partial charge in [0.1, 0.15) is 6.09 Å². The molecule has 0 aromatic rings. The van der Waals surface area contributed by atoms with Crippen LogP contribution in [0.25, 0.3) is 0 Å². The highest BCUT2D eigenvalue weighted by Gasteiger charge is 2.46. The van der Waals surface area contributed by atoms with Crippen LogP contribution < -0.4 is 5.11 Å². The molecule has 0 N–H and O–H groups in total. The molecule has 8 heteroatoms. The third-order valence-electron chi connectivity index (χ3n) is 2.20. The van der Waals surface area contributed by atoms with Crippen molar-refractivity contribution in [2.75, 3.05) is 19.3 Å². The third kappa shape index (κ3) is 3.18. The Labute approximate surface area is 101 Å². The summed E-state index contributed by atoms with van der Waals surface area (Å²) in [6, 6.07) is 0. The van der Waals surface area contributed by atoms with Gasteiger partial charge in [-0.2, -0.15) is 0 Å². The normalized spacial score (nSPS) is 23.9. The maximum atomic E-state index is 13.4. The van der Waals surface area contributed by atoms with Crippen LogP contribution in [0.15, 0.2) is 0 Å². The van der Waals surface area contributed by atoms with Gasteiger partial charge < -0.3 is 19.5 Å². The summed E-state index contributed by atoms with van der Waals surface area (Å²) in [5, 5.41) is 10.4. The van der Waals surface area contributed by atoms with Gasteiger partial charge in [-0.1, -0.05) is 11.8 Å². The van der Waals surface area contributed by atoms with Crippen molar-refractivity contribution in [3.05, 3.63) is 0 Å². The van der Waals surface area contributed by atoms with Gasteiger partial charge in [0.15, 0.2) is 6.10 Å². The standard InChI is InChI=1S/C8H11F2NO3S2/c1-16-7(15)14-5-2-3-11(6(12)13)4-8(5,9)10/h5H,2-4H2,1H3,(H,12,13)/p-1. The fraction of sp³-hybridized carbons (Fsp3) is 0.750. The lowest BCUT2D eigenvalue weighted by molar-refractivity contribution is -0.273. The Hall–Kier alpha value is -0.630. The van der Waals surface area contributed by atoms with E-state index in [2.05, 4.69) is 12.2 Å². The van der Waals surface area contributed by atoms with Gasteiger partial charge in [0.2, 0.25) is 4.38 Å². The molecule has 4 nitrogen and oxygen atoms in total. The van der Waals surface area contributed by atoms with Crippen molar-refractivity contribution in [3.63, 3.8) is 0 Å². The Morgan fingerprint density at radius 1 is 1.69 bits per heavy atom. The minimum absolute atomic E-state index is 0.0282. The Morgan fingerprint density at radius 2 is 2.31 bits per heavy atom. The SMILES string of the molecule is CSC(=S)OC1CCN(C(=O)[O-])CC1(F)F. The summed E-state index contributed by atoms with van der Waals surface area (Å²) in [5.74, 6) is -3.24. The number of hydrogen-bond donors (Lipinski definition) is 0. The van der Waals surface area contributed by atoms with Gasteiger partial charge in [0.25, 0.3) is 0 Å². The Bertz CT molecular complexity index is 301. The zero-order chi connectivity index (χ0) is 12.3. The van der Waals surface area contributed by atoms with E-state index in [1.165, 1.54) is 0 Å². The number of piperidine rings is 1. The predicted molar refractivity (Wildman–Crippen MR) is 57.5 cm³/mol. The van der Waals surface area contributed by atoms with E-state index in [1.54, 1.807) is 6.26 Å². The second-order valence-electron chi connectivity index (χ2n) is 3.30. The number of alkyl halides is 2. The van der Waals surface area contributed by atoms with Gasteiger partial charge in [-0.3, -0.25) is 0 Å². The van der Waals surface area contributed by atoms with E-state index in [9.17, 15) is 18.7 Å². The van der Waals surface area contributed by atoms with Gasteiger partial charge in [0, 0.05) is 13.0 Å². The lowest BCUT2D eigenvalue weighted by atomic mass is 10.0. The number of hydrogen-bond acceptors (Lipinski definition) is 5. The molecule has 16 heavy (non-hydrogen) atoms. The maximum Gasteiger partial charge on any atom is 0.301 e. The van der Waals surface area contributed by atoms with Crippen LogP contribution in [-0.2, 0) is 4.74 Å². The first-order chi connectivity index (χ1) is 7.36. The van der Waals surface area contributed by atoms with Gasteiger partial charge >= 0.3 is 5.92 Å². The summed E-state index contributed by atoms with van der Waals surface area (Å²) in [7, 11) is 0. The molecule has 1 atom stereocenters. The summed E-state index contributed by atoms with van der Waals surface area (Å²) in [4.78, 5) is 11.0. The van der Waals surface area contributed by atoms with Crippen molar-refractivity contribution in [2.24, 2.45) is 0 Å². The lowest BCUT2D eigenvalue weighted by Crippen LogP contribution is -2.57. The number of nitrogens with zero attached hydrogens (tertiary/aromatic N) is 1. The molecule has 0 saturated carbocycles. The summed E-state index contributed by atoms with van der Waals surface area (Å²) in [6.07, 6.45) is -1.42. The molecule has 92 valence electrons. The molecule has 1 fully saturated rings. The van der Waals surface area contributed by atoms with Crippen molar-refractivity contribution in [1.29, 1.82) is 0 Å². The zero-order valence-corrected chi connectivity index (χ0v) is 10.1. The highest BCUT2D eigenvalue weighted by molar-refractivity contribution is 8.22. The Balaban J connectivity index is 2.63. The van der Waals surface area contributed by atoms with Crippen molar-refractivity contribution < 1.29 is 23.4 Å². The Kier molecular flexibility index (Phi) is 4.31. The van der Waals surface area contributed by atoms with Crippen molar-refractivity contribution in [2.45, 2.75) is 18.4 Å². The average molecular weight is 270 g/mol. The molecule has 1 saturated heterocycles. The first-order valence-electron chi connectivity index (χ1n) is 4.45. The van der Waals surface area contributed by atoms with E-state index in [1.807, 2.05) is 0 Å². The number of carbonyl (C=O) groups is 1. The number of thioether (sulfide) groups is 1. The third-order valence-corrected chi connectivity index (χ3v) is 3.22. The predicted octanol–water partition coefficient (Wildman–Crippen LogP) is 0.704. The summed E-state index contributed by atoms with van der Waals surface area (Å²) < 4.78 is 31.8. The van der Waals surface area contributed by atoms with Crippen LogP contribution in [0.1, 0.15) is 6.42 Å². The number of rotatable bonds is 1. The molecule has 1 aliphatic rings. The molecule has 0 aromatic carbocycles. The molecule has 1 heterocycles. The monoisotopic (exact) mass is 270 g/mol. The van der Waals surface area contributed by atoms with Gasteiger partial charge in [0.05, 0.1) is 6.54 Å². The molecule has 0 radical (unpaired) electrons. The topological polar surface area (TPSA) is 52.6 Å². The van der Waals surface area contributed by atoms with Crippen molar-refractivity contribution >= 4 is 34.5 Å². The average Bonchev–Trinajstić information content (AvgIpc) is 2.20. The molecule has 1 unspecified atom stereocenters. The first kappa shape index (κ1) is 13.4. The molecule has 1 amide bonds. The van der Waals surface area contributed by atoms with Crippen LogP contribution in [0.5, 0.6) is 0 Å². The minimum atomic E-state index is -3.24. The number of halogens is 2. The molecule has 0 aliphatic carbocycles. The molecule has 1 aliphatic heterocycles. The number of ether oxygens (including phenoxy) is 1. The maximum absolute atomic E-state index is 13.4. The van der Waals surface area contributed by atoms with E-state index < -0.39 is 24.7 Å². The molecule has 0 bridgehead atoms. The van der Waals surface area contributed by atoms with Crippen LogP contribution in [-0.4, -0.2) is 46.7 Å². The van der Waals surface area contributed by atoms with E-state index >= 15 is 0 Å². The smallest absolute Gasteiger partial charge is 0.301 e. The minimum Gasteiger partial charge on any atom is -0.530 e. The summed E-state index contributed by atoms with van der Waals surface area (Å²) in [6.45, 7) is -0.934. The zero-order valence-electron chi connectivity index (χ0n) is 8.44. The quantitative estimate of drug-likeness (QED) is 0.657. The molecular weight excluding hydrogens is 260 g/mol. The second-order valence-corrected chi connectivity index (χ2v) is 4.71. The molecule has 1 rings (SSSR count). The first-order valence-corrected chi connectivity index (χ1v) is 6.08. The fourth-order valence-corrected chi connectivity index (χ4v) is 1.71. The van der Waals surface area contributed by atoms with Crippen molar-refractivity contribution in [3.8, 4) is 0 Å². The van der Waals surface area contributed by atoms with Gasteiger partial charge in [-0.15, -0.1) is 0 Å². The number of carboxylic acid groups (broad SMARTS) is 1. The van der Waals surface area contributed by atoms with E-state index in [0.717, 1.165) is 11.8 Å². The van der Waals surface area contributed by atoms with Crippen LogP contribution in [0.2, 0.25) is 0 Å². The highest BCUT2D eigenvalue weighted by Crippen LogP contribution is 2.30. The van der Waals surface area contributed by atoms with Gasteiger partial charge in [-0.25, -0.2) is 8.78 Å². The molecular formula is C8H10F2NO3S2-. The largest absolute Gasteiger partial charge is 0.530 e. The fourth-order valence-electron chi connectivity index (χ4n) is 1.38. The van der Waals surface area contributed by atoms with Crippen LogP contribution in [0.3, 0.4) is 0 Å². The van der Waals surface area contributed by atoms with Gasteiger partial charge in [-0.05, 0) is 18.5 Å². The van der Waals surface area contributed by atoms with Crippen LogP contribution >= 0.6 is 24.0 Å².